The molecule has 5 heteroatoms. The van der Waals surface area contributed by atoms with E-state index in [0.717, 1.165) is 12.1 Å². The first kappa shape index (κ1) is 17.3. The molecule has 2 atom stereocenters. The van der Waals surface area contributed by atoms with Crippen molar-refractivity contribution >= 4 is 17.5 Å². The number of allylic oxidation sites excluding steroid dienone is 2. The Hall–Kier alpha value is -2.56. The number of carbonyl (C=O) groups excluding carboxylic acids is 2. The molecule has 1 aromatic carbocycles. The number of ether oxygens (including phenoxy) is 1. The Morgan fingerprint density at radius 2 is 2.24 bits per heavy atom. The third kappa shape index (κ3) is 3.31. The van der Waals surface area contributed by atoms with E-state index in [9.17, 15) is 14.0 Å². The van der Waals surface area contributed by atoms with E-state index in [2.05, 4.69) is 11.6 Å². The van der Waals surface area contributed by atoms with E-state index in [0.29, 0.717) is 29.7 Å². The van der Waals surface area contributed by atoms with Gasteiger partial charge in [0.2, 0.25) is 0 Å². The molecule has 4 nitrogen and oxygen atoms in total. The van der Waals surface area contributed by atoms with Gasteiger partial charge in [-0.25, -0.2) is 4.39 Å². The van der Waals surface area contributed by atoms with Crippen LogP contribution in [0, 0.1) is 11.7 Å². The highest BCUT2D eigenvalue weighted by Gasteiger charge is 2.43. The molecule has 1 unspecified atom stereocenters. The van der Waals surface area contributed by atoms with Gasteiger partial charge in [0.15, 0.2) is 5.78 Å². The van der Waals surface area contributed by atoms with Crippen molar-refractivity contribution in [3.8, 4) is 0 Å². The van der Waals surface area contributed by atoms with Crippen LogP contribution < -0.4 is 0 Å². The summed E-state index contributed by atoms with van der Waals surface area (Å²) in [4.78, 5) is 29.8. The average molecular weight is 341 g/mol. The lowest BCUT2D eigenvalue weighted by atomic mass is 9.72. The fourth-order valence-electron chi connectivity index (χ4n) is 3.60. The number of halogens is 1. The minimum Gasteiger partial charge on any atom is -0.461 e. The lowest BCUT2D eigenvalue weighted by Crippen LogP contribution is -2.37. The van der Waals surface area contributed by atoms with E-state index in [4.69, 9.17) is 4.74 Å². The van der Waals surface area contributed by atoms with Gasteiger partial charge in [-0.1, -0.05) is 24.8 Å². The van der Waals surface area contributed by atoms with E-state index in [1.807, 2.05) is 0 Å². The predicted molar refractivity (Wildman–Crippen MR) is 92.8 cm³/mol. The van der Waals surface area contributed by atoms with Crippen LogP contribution in [-0.4, -0.2) is 24.1 Å². The molecule has 0 bridgehead atoms. The van der Waals surface area contributed by atoms with Crippen molar-refractivity contribution in [2.24, 2.45) is 10.9 Å². The van der Waals surface area contributed by atoms with Crippen LogP contribution in [0.5, 0.6) is 0 Å². The Balaban J connectivity index is 2.12. The maximum absolute atomic E-state index is 13.8. The topological polar surface area (TPSA) is 55.7 Å². The summed E-state index contributed by atoms with van der Waals surface area (Å²) in [5.74, 6) is -2.19. The zero-order valence-corrected chi connectivity index (χ0v) is 14.1. The molecule has 0 amide bonds. The van der Waals surface area contributed by atoms with Crippen molar-refractivity contribution in [2.45, 2.75) is 32.1 Å². The molecule has 0 radical (unpaired) electrons. The Labute approximate surface area is 146 Å². The minimum atomic E-state index is -0.734. The standard InChI is InChI=1S/C20H20FNO3/c1-3-10-25-20(24)17-12(2)22-15-8-5-9-16(23)19(15)18(17)13-6-4-7-14(21)11-13/h3-4,6-7,11,17-18H,1,5,8-10H2,2H3/t17?,18-/m0/s1. The Kier molecular flexibility index (Phi) is 4.93. The van der Waals surface area contributed by atoms with Crippen LogP contribution in [0.2, 0.25) is 0 Å². The van der Waals surface area contributed by atoms with Crippen LogP contribution in [0.3, 0.4) is 0 Å². The van der Waals surface area contributed by atoms with Crippen LogP contribution in [0.1, 0.15) is 37.7 Å². The van der Waals surface area contributed by atoms with Crippen molar-refractivity contribution in [1.82, 2.24) is 0 Å². The van der Waals surface area contributed by atoms with Gasteiger partial charge >= 0.3 is 5.97 Å². The molecular weight excluding hydrogens is 321 g/mol. The molecule has 0 spiro atoms. The number of rotatable bonds is 4. The second-order valence-corrected chi connectivity index (χ2v) is 6.32. The number of esters is 1. The molecule has 25 heavy (non-hydrogen) atoms. The molecule has 0 N–H and O–H groups in total. The monoisotopic (exact) mass is 341 g/mol. The third-order valence-electron chi connectivity index (χ3n) is 4.64. The van der Waals surface area contributed by atoms with Crippen molar-refractivity contribution in [3.63, 3.8) is 0 Å². The summed E-state index contributed by atoms with van der Waals surface area (Å²) < 4.78 is 19.0. The van der Waals surface area contributed by atoms with Crippen LogP contribution in [-0.2, 0) is 14.3 Å². The molecule has 1 heterocycles. The van der Waals surface area contributed by atoms with Crippen LogP contribution >= 0.6 is 0 Å². The third-order valence-corrected chi connectivity index (χ3v) is 4.64. The number of benzene rings is 1. The number of ketones is 1. The second-order valence-electron chi connectivity index (χ2n) is 6.32. The maximum atomic E-state index is 13.8. The van der Waals surface area contributed by atoms with Gasteiger partial charge in [0, 0.05) is 29.3 Å². The summed E-state index contributed by atoms with van der Waals surface area (Å²) in [7, 11) is 0. The minimum absolute atomic E-state index is 0.0201. The first-order valence-corrected chi connectivity index (χ1v) is 8.37. The van der Waals surface area contributed by atoms with Crippen molar-refractivity contribution in [3.05, 3.63) is 59.6 Å². The van der Waals surface area contributed by atoms with E-state index in [-0.39, 0.29) is 12.4 Å². The number of aliphatic imine (C=N–C) groups is 1. The fourth-order valence-corrected chi connectivity index (χ4v) is 3.60. The van der Waals surface area contributed by atoms with Crippen LogP contribution in [0.15, 0.2) is 53.2 Å². The summed E-state index contributed by atoms with van der Waals surface area (Å²) in [5.41, 5.74) is 2.44. The summed E-state index contributed by atoms with van der Waals surface area (Å²) in [5, 5.41) is 0. The molecule has 2 aliphatic rings. The van der Waals surface area contributed by atoms with Crippen LogP contribution in [0.25, 0.3) is 0 Å². The number of carbonyl (C=O) groups is 2. The van der Waals surface area contributed by atoms with E-state index in [1.165, 1.54) is 18.2 Å². The van der Waals surface area contributed by atoms with Gasteiger partial charge in [-0.05, 0) is 37.5 Å². The molecule has 1 aliphatic heterocycles. The Morgan fingerprint density at radius 3 is 2.96 bits per heavy atom. The molecule has 0 aromatic heterocycles. The van der Waals surface area contributed by atoms with Gasteiger partial charge in [-0.3, -0.25) is 14.6 Å². The summed E-state index contributed by atoms with van der Waals surface area (Å²) in [6.45, 7) is 5.38. The predicted octanol–water partition coefficient (Wildman–Crippen LogP) is 3.74. The van der Waals surface area contributed by atoms with Gasteiger partial charge < -0.3 is 4.74 Å². The first-order valence-electron chi connectivity index (χ1n) is 8.37. The second kappa shape index (κ2) is 7.13. The summed E-state index contributed by atoms with van der Waals surface area (Å²) in [6.07, 6.45) is 3.35. The van der Waals surface area contributed by atoms with Crippen LogP contribution in [0.4, 0.5) is 4.39 Å². The van der Waals surface area contributed by atoms with Crippen molar-refractivity contribution in [2.75, 3.05) is 6.61 Å². The molecule has 1 aromatic rings. The van der Waals surface area contributed by atoms with Gasteiger partial charge in [0.05, 0.1) is 0 Å². The highest BCUT2D eigenvalue weighted by atomic mass is 19.1. The summed E-state index contributed by atoms with van der Waals surface area (Å²) in [6, 6.07) is 6.05. The van der Waals surface area contributed by atoms with Gasteiger partial charge in [-0.15, -0.1) is 0 Å². The Bertz CT molecular complexity index is 794. The van der Waals surface area contributed by atoms with E-state index < -0.39 is 23.6 Å². The molecule has 1 aliphatic carbocycles. The normalized spacial score (nSPS) is 23.0. The zero-order chi connectivity index (χ0) is 18.0. The SMILES string of the molecule is C=CCOC(=O)C1C(C)=NC2=C(C(=O)CCC2)[C@H]1c1cccc(F)c1. The summed E-state index contributed by atoms with van der Waals surface area (Å²) >= 11 is 0. The smallest absolute Gasteiger partial charge is 0.315 e. The van der Waals surface area contributed by atoms with E-state index in [1.54, 1.807) is 19.1 Å². The fraction of sp³-hybridized carbons (Fsp3) is 0.350. The highest BCUT2D eigenvalue weighted by molar-refractivity contribution is 6.08. The first-order chi connectivity index (χ1) is 12.0. The number of nitrogens with zero attached hydrogens (tertiary/aromatic N) is 1. The molecular formula is C20H20FNO3. The quantitative estimate of drug-likeness (QED) is 0.619. The van der Waals surface area contributed by atoms with Crippen molar-refractivity contribution in [1.29, 1.82) is 0 Å². The molecule has 0 saturated carbocycles. The number of Topliss-reactive ketones (excluding diaryl/α,β-unsaturated/α-hetero) is 1. The molecule has 0 fully saturated rings. The largest absolute Gasteiger partial charge is 0.461 e. The lowest BCUT2D eigenvalue weighted by molar-refractivity contribution is -0.145. The van der Waals surface area contributed by atoms with E-state index >= 15 is 0 Å². The molecule has 130 valence electrons. The highest BCUT2D eigenvalue weighted by Crippen LogP contribution is 2.43. The Morgan fingerprint density at radius 1 is 1.44 bits per heavy atom. The van der Waals surface area contributed by atoms with Crippen molar-refractivity contribution < 1.29 is 18.7 Å². The lowest BCUT2D eigenvalue weighted by Gasteiger charge is -2.34. The average Bonchev–Trinajstić information content (AvgIpc) is 2.58. The maximum Gasteiger partial charge on any atom is 0.315 e. The van der Waals surface area contributed by atoms with Gasteiger partial charge in [0.1, 0.15) is 18.3 Å². The van der Waals surface area contributed by atoms with Gasteiger partial charge in [-0.2, -0.15) is 0 Å². The molecule has 3 rings (SSSR count). The van der Waals surface area contributed by atoms with Gasteiger partial charge in [0.25, 0.3) is 0 Å². The number of hydrogen-bond donors (Lipinski definition) is 0. The number of hydrogen-bond acceptors (Lipinski definition) is 4. The molecule has 0 saturated heterocycles. The zero-order valence-electron chi connectivity index (χ0n) is 14.1.